The van der Waals surface area contributed by atoms with Crippen LogP contribution in [0.15, 0.2) is 58.9 Å². The van der Waals surface area contributed by atoms with Gasteiger partial charge < -0.3 is 15.1 Å². The van der Waals surface area contributed by atoms with Crippen LogP contribution in [-0.4, -0.2) is 68.8 Å². The van der Waals surface area contributed by atoms with Gasteiger partial charge in [-0.2, -0.15) is 4.98 Å². The van der Waals surface area contributed by atoms with Crippen molar-refractivity contribution < 1.29 is 13.6 Å². The van der Waals surface area contributed by atoms with Crippen LogP contribution in [0.1, 0.15) is 25.5 Å². The van der Waals surface area contributed by atoms with Gasteiger partial charge in [0.05, 0.1) is 22.3 Å². The van der Waals surface area contributed by atoms with Gasteiger partial charge in [-0.1, -0.05) is 26.5 Å². The van der Waals surface area contributed by atoms with E-state index in [0.717, 1.165) is 4.90 Å². The number of nitrogens with one attached hydrogen (secondary N) is 1. The molecule has 0 unspecified atom stereocenters. The van der Waals surface area contributed by atoms with Gasteiger partial charge in [0.1, 0.15) is 17.3 Å². The summed E-state index contributed by atoms with van der Waals surface area (Å²) in [5, 5.41) is 3.54. The Morgan fingerprint density at radius 3 is 2.64 bits per heavy atom. The van der Waals surface area contributed by atoms with Gasteiger partial charge in [-0.15, -0.1) is 11.8 Å². The van der Waals surface area contributed by atoms with E-state index in [1.165, 1.54) is 34.5 Å². The number of thioether (sulfide) groups is 1. The number of fused-ring (bicyclic) bond motifs is 5. The lowest BCUT2D eigenvalue weighted by Crippen LogP contribution is -2.49. The molecular formula is C30H29F2N7O2S. The number of piperazine rings is 1. The van der Waals surface area contributed by atoms with Crippen LogP contribution in [0.4, 0.5) is 20.3 Å². The molecular weight excluding hydrogens is 560 g/mol. The standard InChI is InChI=1S/C30H29F2N7O2S/c1-4-23(40)37-11-13-38(14-12-37)28-18-16-20(32)26-24-19(31)6-5-7-21(24)33-10-15-42-22-8-9-34-25(17(2)3)27(22)39(29(18)35-26)30(41)36-28/h4-9,16-17,33H,1,10-15H2,2-3H3. The van der Waals surface area contributed by atoms with Crippen LogP contribution in [-0.2, 0) is 4.79 Å². The second kappa shape index (κ2) is 11.2. The summed E-state index contributed by atoms with van der Waals surface area (Å²) in [6.45, 7) is 9.50. The third-order valence-corrected chi connectivity index (χ3v) is 8.53. The van der Waals surface area contributed by atoms with E-state index in [4.69, 9.17) is 0 Å². The second-order valence-corrected chi connectivity index (χ2v) is 11.5. The zero-order valence-electron chi connectivity index (χ0n) is 23.2. The fraction of sp³-hybridized carbons (Fsp3) is 0.300. The Morgan fingerprint density at radius 1 is 1.12 bits per heavy atom. The van der Waals surface area contributed by atoms with Crippen molar-refractivity contribution in [2.45, 2.75) is 24.7 Å². The Morgan fingerprint density at radius 2 is 1.90 bits per heavy atom. The van der Waals surface area contributed by atoms with E-state index < -0.39 is 17.3 Å². The van der Waals surface area contributed by atoms with E-state index in [1.807, 2.05) is 24.8 Å². The van der Waals surface area contributed by atoms with E-state index in [-0.39, 0.29) is 34.5 Å². The molecule has 9 nitrogen and oxygen atoms in total. The predicted molar refractivity (Wildman–Crippen MR) is 161 cm³/mol. The average molecular weight is 590 g/mol. The summed E-state index contributed by atoms with van der Waals surface area (Å²) in [6.07, 6.45) is 2.98. The van der Waals surface area contributed by atoms with Crippen molar-refractivity contribution in [2.24, 2.45) is 0 Å². The number of carbonyl (C=O) groups is 1. The van der Waals surface area contributed by atoms with E-state index in [9.17, 15) is 9.59 Å². The maximum Gasteiger partial charge on any atom is 0.355 e. The topological polar surface area (TPSA) is 96.3 Å². The van der Waals surface area contributed by atoms with E-state index in [2.05, 4.69) is 26.8 Å². The summed E-state index contributed by atoms with van der Waals surface area (Å²) in [6, 6.07) is 7.63. The van der Waals surface area contributed by atoms with Gasteiger partial charge in [0, 0.05) is 55.3 Å². The monoisotopic (exact) mass is 589 g/mol. The van der Waals surface area contributed by atoms with Crippen LogP contribution >= 0.6 is 11.8 Å². The molecule has 5 heterocycles. The lowest BCUT2D eigenvalue weighted by molar-refractivity contribution is -0.126. The quantitative estimate of drug-likeness (QED) is 0.347. The zero-order chi connectivity index (χ0) is 29.5. The highest BCUT2D eigenvalue weighted by molar-refractivity contribution is 7.99. The van der Waals surface area contributed by atoms with Crippen molar-refractivity contribution in [3.05, 3.63) is 77.0 Å². The Balaban J connectivity index is 1.66. The fourth-order valence-electron chi connectivity index (χ4n) is 5.47. The molecule has 216 valence electrons. The molecule has 6 rings (SSSR count). The molecule has 0 radical (unpaired) electrons. The first-order valence-corrected chi connectivity index (χ1v) is 14.7. The summed E-state index contributed by atoms with van der Waals surface area (Å²) in [4.78, 5) is 44.2. The number of benzene rings is 1. The molecule has 1 amide bonds. The van der Waals surface area contributed by atoms with Gasteiger partial charge in [0.25, 0.3) is 0 Å². The van der Waals surface area contributed by atoms with Gasteiger partial charge in [-0.05, 0) is 36.3 Å². The smallest absolute Gasteiger partial charge is 0.355 e. The van der Waals surface area contributed by atoms with Gasteiger partial charge in [0.2, 0.25) is 5.91 Å². The number of hydrogen-bond acceptors (Lipinski definition) is 8. The number of anilines is 2. The molecule has 1 aromatic carbocycles. The molecule has 12 heteroatoms. The van der Waals surface area contributed by atoms with Crippen molar-refractivity contribution in [3.63, 3.8) is 0 Å². The Bertz CT molecular complexity index is 1780. The molecule has 2 aliphatic heterocycles. The molecule has 1 fully saturated rings. The van der Waals surface area contributed by atoms with Gasteiger partial charge in [-0.25, -0.2) is 23.1 Å². The van der Waals surface area contributed by atoms with Crippen LogP contribution < -0.4 is 15.9 Å². The number of nitrogens with zero attached hydrogens (tertiary/aromatic N) is 6. The minimum atomic E-state index is -0.744. The zero-order valence-corrected chi connectivity index (χ0v) is 24.0. The van der Waals surface area contributed by atoms with Crippen molar-refractivity contribution >= 4 is 40.2 Å². The molecule has 4 aromatic rings. The van der Waals surface area contributed by atoms with Crippen LogP contribution in [0.25, 0.3) is 28.0 Å². The number of pyridine rings is 2. The Hall–Kier alpha value is -4.32. The molecule has 3 aromatic heterocycles. The Kier molecular flexibility index (Phi) is 7.40. The van der Waals surface area contributed by atoms with E-state index in [1.54, 1.807) is 23.2 Å². The van der Waals surface area contributed by atoms with E-state index >= 15 is 8.78 Å². The number of rotatable bonds is 3. The third-order valence-electron chi connectivity index (χ3n) is 7.48. The van der Waals surface area contributed by atoms with Gasteiger partial charge in [-0.3, -0.25) is 9.78 Å². The van der Waals surface area contributed by atoms with Crippen molar-refractivity contribution in [1.29, 1.82) is 0 Å². The SMILES string of the molecule is C=CC(=O)N1CCN(c2nc(=O)n3c4nc(c(F)cc24)-c2c(F)cccc2NCCSc2ccnc(C(C)C)c2-3)CC1. The minimum absolute atomic E-state index is 0.00752. The predicted octanol–water partition coefficient (Wildman–Crippen LogP) is 4.60. The number of carbonyl (C=O) groups excluding carboxylic acids is 1. The van der Waals surface area contributed by atoms with Gasteiger partial charge in [0.15, 0.2) is 11.5 Å². The molecule has 0 atom stereocenters. The van der Waals surface area contributed by atoms with E-state index in [0.29, 0.717) is 60.9 Å². The number of aromatic nitrogens is 4. The summed E-state index contributed by atoms with van der Waals surface area (Å²) in [5.74, 6) is -0.762. The highest BCUT2D eigenvalue weighted by Crippen LogP contribution is 2.38. The molecule has 0 saturated carbocycles. The third kappa shape index (κ3) is 4.79. The first-order chi connectivity index (χ1) is 20.3. The number of amides is 1. The van der Waals surface area contributed by atoms with Crippen molar-refractivity contribution in [3.8, 4) is 16.9 Å². The summed E-state index contributed by atoms with van der Waals surface area (Å²) in [7, 11) is 0. The maximum atomic E-state index is 16.0. The maximum absolute atomic E-state index is 16.0. The largest absolute Gasteiger partial charge is 0.384 e. The minimum Gasteiger partial charge on any atom is -0.384 e. The first kappa shape index (κ1) is 27.8. The van der Waals surface area contributed by atoms with Crippen LogP contribution in [0.3, 0.4) is 0 Å². The summed E-state index contributed by atoms with van der Waals surface area (Å²) < 4.78 is 32.8. The molecule has 42 heavy (non-hydrogen) atoms. The number of halogens is 2. The molecule has 0 aliphatic carbocycles. The lowest BCUT2D eigenvalue weighted by atomic mass is 10.1. The highest BCUT2D eigenvalue weighted by atomic mass is 32.2. The highest BCUT2D eigenvalue weighted by Gasteiger charge is 2.28. The molecule has 1 N–H and O–H groups in total. The molecule has 2 bridgehead atoms. The number of hydrogen-bond donors (Lipinski definition) is 1. The Labute approximate surface area is 245 Å². The summed E-state index contributed by atoms with van der Waals surface area (Å²) >= 11 is 1.53. The lowest BCUT2D eigenvalue weighted by Gasteiger charge is -2.35. The van der Waals surface area contributed by atoms with Crippen LogP contribution in [0.5, 0.6) is 0 Å². The molecule has 0 spiro atoms. The second-order valence-electron chi connectivity index (χ2n) is 10.4. The average Bonchev–Trinajstić information content (AvgIpc) is 2.98. The summed E-state index contributed by atoms with van der Waals surface area (Å²) in [5.41, 5.74) is 0.939. The molecule has 2 aliphatic rings. The van der Waals surface area contributed by atoms with Crippen LogP contribution in [0.2, 0.25) is 0 Å². The van der Waals surface area contributed by atoms with Gasteiger partial charge >= 0.3 is 5.69 Å². The van der Waals surface area contributed by atoms with Crippen molar-refractivity contribution in [1.82, 2.24) is 24.4 Å². The van der Waals surface area contributed by atoms with Crippen molar-refractivity contribution in [2.75, 3.05) is 48.7 Å². The normalized spacial score (nSPS) is 15.1. The molecule has 1 saturated heterocycles. The van der Waals surface area contributed by atoms with Crippen LogP contribution in [0, 0.1) is 11.6 Å². The first-order valence-electron chi connectivity index (χ1n) is 13.7. The fourth-order valence-corrected chi connectivity index (χ4v) is 6.38.